The van der Waals surface area contributed by atoms with Gasteiger partial charge in [-0.05, 0) is 27.7 Å². The highest BCUT2D eigenvalue weighted by Gasteiger charge is 2.00. The Balaban J connectivity index is 4.28. The molecule has 0 atom stereocenters. The molecule has 0 unspecified atom stereocenters. The molecule has 0 amide bonds. The summed E-state index contributed by atoms with van der Waals surface area (Å²) in [4.78, 5) is 0. The van der Waals surface area contributed by atoms with Gasteiger partial charge in [-0.2, -0.15) is 0 Å². The third kappa shape index (κ3) is 3.65. The average Bonchev–Trinajstić information content (AvgIpc) is 1.84. The van der Waals surface area contributed by atoms with E-state index in [2.05, 4.69) is 5.32 Å². The fraction of sp³-hybridized carbons (Fsp3) is 0.625. The standard InChI is InChI=1S/C8H17N3/c1-5(2)11-8(10)6(3)7(4)9/h5,9,11H,10H2,1-4H3/b8-6-,9-7?. The van der Waals surface area contributed by atoms with Crippen molar-refractivity contribution in [2.24, 2.45) is 5.73 Å². The van der Waals surface area contributed by atoms with Gasteiger partial charge in [0.15, 0.2) is 0 Å². The van der Waals surface area contributed by atoms with Crippen molar-refractivity contribution in [1.29, 1.82) is 5.41 Å². The molecule has 64 valence electrons. The lowest BCUT2D eigenvalue weighted by Gasteiger charge is -2.12. The van der Waals surface area contributed by atoms with Gasteiger partial charge in [0.05, 0.1) is 0 Å². The van der Waals surface area contributed by atoms with E-state index in [4.69, 9.17) is 11.1 Å². The third-order valence-corrected chi connectivity index (χ3v) is 1.41. The molecule has 0 saturated heterocycles. The summed E-state index contributed by atoms with van der Waals surface area (Å²) in [5.41, 5.74) is 6.97. The molecule has 0 aliphatic rings. The Morgan fingerprint density at radius 3 is 2.09 bits per heavy atom. The van der Waals surface area contributed by atoms with Gasteiger partial charge in [-0.15, -0.1) is 0 Å². The quantitative estimate of drug-likeness (QED) is 0.536. The highest BCUT2D eigenvalue weighted by Crippen LogP contribution is 1.97. The van der Waals surface area contributed by atoms with Crippen LogP contribution in [0.5, 0.6) is 0 Å². The number of nitrogens with two attached hydrogens (primary N) is 1. The van der Waals surface area contributed by atoms with E-state index >= 15 is 0 Å². The van der Waals surface area contributed by atoms with E-state index in [9.17, 15) is 0 Å². The molecule has 0 saturated carbocycles. The van der Waals surface area contributed by atoms with Crippen molar-refractivity contribution < 1.29 is 0 Å². The van der Waals surface area contributed by atoms with Gasteiger partial charge in [0.1, 0.15) is 5.82 Å². The van der Waals surface area contributed by atoms with Crippen LogP contribution in [0.15, 0.2) is 11.4 Å². The largest absolute Gasteiger partial charge is 0.385 e. The average molecular weight is 155 g/mol. The topological polar surface area (TPSA) is 61.9 Å². The molecule has 0 aromatic rings. The fourth-order valence-electron chi connectivity index (χ4n) is 0.621. The second kappa shape index (κ2) is 4.01. The van der Waals surface area contributed by atoms with Gasteiger partial charge in [-0.25, -0.2) is 0 Å². The highest BCUT2D eigenvalue weighted by atomic mass is 15.0. The van der Waals surface area contributed by atoms with E-state index < -0.39 is 0 Å². The molecule has 4 N–H and O–H groups in total. The molecule has 0 aliphatic carbocycles. The zero-order valence-corrected chi connectivity index (χ0v) is 7.65. The second-order valence-electron chi connectivity index (χ2n) is 2.96. The summed E-state index contributed by atoms with van der Waals surface area (Å²) in [6.07, 6.45) is 0. The van der Waals surface area contributed by atoms with Crippen LogP contribution in [0, 0.1) is 5.41 Å². The van der Waals surface area contributed by atoms with Gasteiger partial charge in [0, 0.05) is 17.3 Å². The van der Waals surface area contributed by atoms with E-state index in [1.54, 1.807) is 6.92 Å². The van der Waals surface area contributed by atoms with Crippen LogP contribution in [0.25, 0.3) is 0 Å². The molecule has 0 aromatic carbocycles. The summed E-state index contributed by atoms with van der Waals surface area (Å²) in [5.74, 6) is 0.604. The maximum atomic E-state index is 7.30. The van der Waals surface area contributed by atoms with E-state index in [1.807, 2.05) is 20.8 Å². The molecule has 0 aromatic heterocycles. The first-order chi connectivity index (χ1) is 4.95. The van der Waals surface area contributed by atoms with Crippen molar-refractivity contribution in [1.82, 2.24) is 5.32 Å². The molecule has 0 bridgehead atoms. The fourth-order valence-corrected chi connectivity index (χ4v) is 0.621. The predicted molar refractivity (Wildman–Crippen MR) is 48.6 cm³/mol. The molecule has 0 rings (SSSR count). The lowest BCUT2D eigenvalue weighted by atomic mass is 10.2. The van der Waals surface area contributed by atoms with Gasteiger partial charge < -0.3 is 16.5 Å². The van der Waals surface area contributed by atoms with Crippen LogP contribution in [0.2, 0.25) is 0 Å². The molecule has 0 spiro atoms. The Kier molecular flexibility index (Phi) is 3.65. The molecule has 3 nitrogen and oxygen atoms in total. The van der Waals surface area contributed by atoms with Gasteiger partial charge in [-0.1, -0.05) is 0 Å². The summed E-state index contributed by atoms with van der Waals surface area (Å²) in [6.45, 7) is 7.59. The van der Waals surface area contributed by atoms with Crippen LogP contribution in [0.4, 0.5) is 0 Å². The summed E-state index contributed by atoms with van der Waals surface area (Å²) in [7, 11) is 0. The van der Waals surface area contributed by atoms with Crippen LogP contribution >= 0.6 is 0 Å². The monoisotopic (exact) mass is 155 g/mol. The Labute approximate surface area is 68.2 Å². The summed E-state index contributed by atoms with van der Waals surface area (Å²) in [5, 5.41) is 10.3. The van der Waals surface area contributed by atoms with E-state index in [0.717, 1.165) is 5.57 Å². The molecule has 0 fully saturated rings. The Morgan fingerprint density at radius 1 is 1.36 bits per heavy atom. The molecule has 3 heteroatoms. The van der Waals surface area contributed by atoms with Crippen molar-refractivity contribution in [3.05, 3.63) is 11.4 Å². The zero-order valence-electron chi connectivity index (χ0n) is 7.65. The van der Waals surface area contributed by atoms with Crippen LogP contribution < -0.4 is 11.1 Å². The molecular formula is C8H17N3. The SMILES string of the molecule is CC(=N)/C(C)=C(/N)NC(C)C. The van der Waals surface area contributed by atoms with Crippen LogP contribution in [-0.4, -0.2) is 11.8 Å². The minimum Gasteiger partial charge on any atom is -0.385 e. The first-order valence-electron chi connectivity index (χ1n) is 3.73. The lowest BCUT2D eigenvalue weighted by Crippen LogP contribution is -2.29. The Morgan fingerprint density at radius 2 is 1.82 bits per heavy atom. The third-order valence-electron chi connectivity index (χ3n) is 1.41. The normalized spacial score (nSPS) is 12.8. The summed E-state index contributed by atoms with van der Waals surface area (Å²) < 4.78 is 0. The minimum atomic E-state index is 0.323. The van der Waals surface area contributed by atoms with Crippen LogP contribution in [0.3, 0.4) is 0 Å². The number of rotatable bonds is 3. The lowest BCUT2D eigenvalue weighted by molar-refractivity contribution is 0.659. The number of hydrogen-bond acceptors (Lipinski definition) is 3. The molecule has 11 heavy (non-hydrogen) atoms. The summed E-state index contributed by atoms with van der Waals surface area (Å²) in [6, 6.07) is 0.323. The first kappa shape index (κ1) is 10.0. The maximum absolute atomic E-state index is 7.30. The van der Waals surface area contributed by atoms with Crippen molar-refractivity contribution in [3.8, 4) is 0 Å². The first-order valence-corrected chi connectivity index (χ1v) is 3.73. The zero-order chi connectivity index (χ0) is 9.02. The minimum absolute atomic E-state index is 0.323. The Bertz CT molecular complexity index is 180. The van der Waals surface area contributed by atoms with Crippen LogP contribution in [-0.2, 0) is 0 Å². The Hall–Kier alpha value is -0.990. The second-order valence-corrected chi connectivity index (χ2v) is 2.96. The van der Waals surface area contributed by atoms with Gasteiger partial charge in [0.2, 0.25) is 0 Å². The highest BCUT2D eigenvalue weighted by molar-refractivity contribution is 5.95. The number of hydrogen-bond donors (Lipinski definition) is 3. The number of allylic oxidation sites excluding steroid dienone is 1. The molecular weight excluding hydrogens is 138 g/mol. The number of nitrogens with one attached hydrogen (secondary N) is 2. The molecule has 0 aliphatic heterocycles. The maximum Gasteiger partial charge on any atom is 0.101 e. The summed E-state index contributed by atoms with van der Waals surface area (Å²) >= 11 is 0. The van der Waals surface area contributed by atoms with E-state index in [1.165, 1.54) is 0 Å². The predicted octanol–water partition coefficient (Wildman–Crippen LogP) is 1.21. The van der Waals surface area contributed by atoms with Crippen molar-refractivity contribution in [2.45, 2.75) is 33.7 Å². The van der Waals surface area contributed by atoms with Gasteiger partial charge >= 0.3 is 0 Å². The van der Waals surface area contributed by atoms with Crippen molar-refractivity contribution >= 4 is 5.71 Å². The molecule has 0 heterocycles. The molecule has 0 radical (unpaired) electrons. The van der Waals surface area contributed by atoms with Crippen molar-refractivity contribution in [3.63, 3.8) is 0 Å². The van der Waals surface area contributed by atoms with Crippen LogP contribution in [0.1, 0.15) is 27.7 Å². The van der Waals surface area contributed by atoms with E-state index in [0.29, 0.717) is 17.6 Å². The van der Waals surface area contributed by atoms with Crippen molar-refractivity contribution in [2.75, 3.05) is 0 Å². The van der Waals surface area contributed by atoms with Gasteiger partial charge in [-0.3, -0.25) is 0 Å². The van der Waals surface area contributed by atoms with Gasteiger partial charge in [0.25, 0.3) is 0 Å². The van der Waals surface area contributed by atoms with E-state index in [-0.39, 0.29) is 0 Å². The smallest absolute Gasteiger partial charge is 0.101 e.